The fourth-order valence-electron chi connectivity index (χ4n) is 3.95. The molecule has 1 N–H and O–H groups in total. The van der Waals surface area contributed by atoms with Gasteiger partial charge in [0.05, 0.1) is 24.5 Å². The molecule has 1 atom stereocenters. The van der Waals surface area contributed by atoms with E-state index in [1.54, 1.807) is 6.92 Å². The molecule has 1 aliphatic heterocycles. The molecule has 30 heavy (non-hydrogen) atoms. The van der Waals surface area contributed by atoms with Gasteiger partial charge in [0.2, 0.25) is 5.89 Å². The van der Waals surface area contributed by atoms with Crippen LogP contribution in [0.3, 0.4) is 0 Å². The van der Waals surface area contributed by atoms with Gasteiger partial charge in [0.25, 0.3) is 5.91 Å². The largest absolute Gasteiger partial charge is 0.379 e. The summed E-state index contributed by atoms with van der Waals surface area (Å²) in [6.45, 7) is 10.3. The topological polar surface area (TPSA) is 80.5 Å². The second-order valence-electron chi connectivity index (χ2n) is 7.52. The summed E-state index contributed by atoms with van der Waals surface area (Å²) < 4.78 is 10.7. The predicted octanol–water partition coefficient (Wildman–Crippen LogP) is 3.54. The van der Waals surface area contributed by atoms with Crippen molar-refractivity contribution >= 4 is 17.7 Å². The molecule has 1 unspecified atom stereocenters. The standard InChI is InChI=1S/C22H32N4O3S/c1-4-17(5-2)19(26-10-12-28-13-11-26)14-23-22(27)18-8-6-7-9-20(18)30-15-21-24-16(3)25-29-21/h6-9,17,19H,4-5,10-15H2,1-3H3,(H,23,27). The average Bonchev–Trinajstić information content (AvgIpc) is 3.21. The smallest absolute Gasteiger partial charge is 0.252 e. The van der Waals surface area contributed by atoms with Crippen LogP contribution in [0.25, 0.3) is 0 Å². The first-order valence-electron chi connectivity index (χ1n) is 10.7. The van der Waals surface area contributed by atoms with Crippen LogP contribution in [0.4, 0.5) is 0 Å². The van der Waals surface area contributed by atoms with Gasteiger partial charge in [-0.25, -0.2) is 0 Å². The Balaban J connectivity index is 1.65. The first-order chi connectivity index (χ1) is 14.6. The van der Waals surface area contributed by atoms with Crippen LogP contribution in [0.5, 0.6) is 0 Å². The van der Waals surface area contributed by atoms with Crippen molar-refractivity contribution in [3.8, 4) is 0 Å². The lowest BCUT2D eigenvalue weighted by Gasteiger charge is -2.38. The summed E-state index contributed by atoms with van der Waals surface area (Å²) in [6.07, 6.45) is 2.20. The molecule has 1 amide bonds. The average molecular weight is 433 g/mol. The molecular weight excluding hydrogens is 400 g/mol. The van der Waals surface area contributed by atoms with Gasteiger partial charge in [-0.05, 0) is 25.0 Å². The van der Waals surface area contributed by atoms with E-state index in [1.807, 2.05) is 24.3 Å². The third kappa shape index (κ3) is 6.06. The number of morpholine rings is 1. The van der Waals surface area contributed by atoms with Crippen molar-refractivity contribution in [3.05, 3.63) is 41.5 Å². The number of rotatable bonds is 10. The molecule has 7 nitrogen and oxygen atoms in total. The van der Waals surface area contributed by atoms with E-state index in [9.17, 15) is 4.79 Å². The number of nitrogens with one attached hydrogen (secondary N) is 1. The molecule has 0 spiro atoms. The summed E-state index contributed by atoms with van der Waals surface area (Å²) >= 11 is 1.54. The van der Waals surface area contributed by atoms with E-state index in [0.29, 0.717) is 41.5 Å². The maximum Gasteiger partial charge on any atom is 0.252 e. The van der Waals surface area contributed by atoms with Crippen LogP contribution in [0.1, 0.15) is 48.8 Å². The predicted molar refractivity (Wildman–Crippen MR) is 118 cm³/mol. The van der Waals surface area contributed by atoms with Crippen molar-refractivity contribution in [2.75, 3.05) is 32.8 Å². The van der Waals surface area contributed by atoms with E-state index < -0.39 is 0 Å². The molecule has 1 aromatic heterocycles. The fraction of sp³-hybridized carbons (Fsp3) is 0.591. The van der Waals surface area contributed by atoms with Crippen LogP contribution < -0.4 is 5.32 Å². The number of benzene rings is 1. The molecule has 8 heteroatoms. The number of aromatic nitrogens is 2. The first kappa shape index (κ1) is 22.8. The number of thioether (sulfide) groups is 1. The van der Waals surface area contributed by atoms with Crippen molar-refractivity contribution < 1.29 is 14.1 Å². The molecule has 0 bridgehead atoms. The zero-order chi connectivity index (χ0) is 21.3. The molecule has 1 fully saturated rings. The lowest BCUT2D eigenvalue weighted by molar-refractivity contribution is 0.00190. The maximum absolute atomic E-state index is 13.0. The van der Waals surface area contributed by atoms with Crippen molar-refractivity contribution in [2.45, 2.75) is 50.3 Å². The summed E-state index contributed by atoms with van der Waals surface area (Å²) in [7, 11) is 0. The highest BCUT2D eigenvalue weighted by Gasteiger charge is 2.27. The molecule has 1 aliphatic rings. The molecule has 3 rings (SSSR count). The van der Waals surface area contributed by atoms with Gasteiger partial charge in [-0.3, -0.25) is 9.69 Å². The molecule has 164 valence electrons. The SMILES string of the molecule is CCC(CC)C(CNC(=O)c1ccccc1SCc1nc(C)no1)N1CCOCC1. The van der Waals surface area contributed by atoms with Crippen molar-refractivity contribution in [1.29, 1.82) is 0 Å². The Labute approximate surface area is 182 Å². The van der Waals surface area contributed by atoms with E-state index in [-0.39, 0.29) is 5.91 Å². The Bertz CT molecular complexity index is 803. The third-order valence-corrected chi connectivity index (χ3v) is 6.69. The van der Waals surface area contributed by atoms with E-state index in [0.717, 1.165) is 44.0 Å². The summed E-state index contributed by atoms with van der Waals surface area (Å²) in [4.78, 5) is 20.7. The quantitative estimate of drug-likeness (QED) is 0.575. The number of hydrogen-bond donors (Lipinski definition) is 1. The minimum absolute atomic E-state index is 0.0379. The Hall–Kier alpha value is -1.90. The number of aryl methyl sites for hydroxylation is 1. The summed E-state index contributed by atoms with van der Waals surface area (Å²) in [5.74, 6) is 2.23. The van der Waals surface area contributed by atoms with Gasteiger partial charge in [0, 0.05) is 30.6 Å². The van der Waals surface area contributed by atoms with Gasteiger partial charge in [0.15, 0.2) is 5.82 Å². The highest BCUT2D eigenvalue weighted by molar-refractivity contribution is 7.98. The Kier molecular flexibility index (Phi) is 8.72. The Morgan fingerprint density at radius 2 is 1.97 bits per heavy atom. The Morgan fingerprint density at radius 1 is 1.23 bits per heavy atom. The van der Waals surface area contributed by atoms with Gasteiger partial charge >= 0.3 is 0 Å². The summed E-state index contributed by atoms with van der Waals surface area (Å²) in [5.41, 5.74) is 0.684. The third-order valence-electron chi connectivity index (χ3n) is 5.63. The van der Waals surface area contributed by atoms with Crippen LogP contribution >= 0.6 is 11.8 Å². The minimum atomic E-state index is -0.0379. The van der Waals surface area contributed by atoms with Crippen molar-refractivity contribution in [1.82, 2.24) is 20.4 Å². The molecule has 0 saturated carbocycles. The van der Waals surface area contributed by atoms with E-state index in [1.165, 1.54) is 11.8 Å². The van der Waals surface area contributed by atoms with Gasteiger partial charge in [-0.1, -0.05) is 44.0 Å². The van der Waals surface area contributed by atoms with Crippen LogP contribution in [0.15, 0.2) is 33.7 Å². The monoisotopic (exact) mass is 432 g/mol. The van der Waals surface area contributed by atoms with Crippen LogP contribution in [0, 0.1) is 12.8 Å². The van der Waals surface area contributed by atoms with E-state index >= 15 is 0 Å². The van der Waals surface area contributed by atoms with Gasteiger partial charge < -0.3 is 14.6 Å². The molecule has 1 saturated heterocycles. The second-order valence-corrected chi connectivity index (χ2v) is 8.54. The second kappa shape index (κ2) is 11.5. The lowest BCUT2D eigenvalue weighted by atomic mass is 9.92. The number of carbonyl (C=O) groups excluding carboxylic acids is 1. The molecule has 2 heterocycles. The number of ether oxygens (including phenoxy) is 1. The lowest BCUT2D eigenvalue weighted by Crippen LogP contribution is -2.52. The van der Waals surface area contributed by atoms with Crippen LogP contribution in [-0.4, -0.2) is 59.8 Å². The minimum Gasteiger partial charge on any atom is -0.379 e. The fourth-order valence-corrected chi connectivity index (χ4v) is 4.83. The van der Waals surface area contributed by atoms with E-state index in [4.69, 9.17) is 9.26 Å². The zero-order valence-electron chi connectivity index (χ0n) is 18.1. The normalized spacial score (nSPS) is 16.0. The first-order valence-corrected chi connectivity index (χ1v) is 11.7. The van der Waals surface area contributed by atoms with Crippen molar-refractivity contribution in [2.24, 2.45) is 5.92 Å². The number of amides is 1. The number of hydrogen-bond acceptors (Lipinski definition) is 7. The van der Waals surface area contributed by atoms with E-state index in [2.05, 4.69) is 34.2 Å². The highest BCUT2D eigenvalue weighted by atomic mass is 32.2. The molecule has 0 radical (unpaired) electrons. The summed E-state index contributed by atoms with van der Waals surface area (Å²) in [5, 5.41) is 7.02. The molecule has 2 aromatic rings. The summed E-state index contributed by atoms with van der Waals surface area (Å²) in [6, 6.07) is 8.00. The molecule has 1 aromatic carbocycles. The number of nitrogens with zero attached hydrogens (tertiary/aromatic N) is 3. The maximum atomic E-state index is 13.0. The van der Waals surface area contributed by atoms with Crippen LogP contribution in [-0.2, 0) is 10.5 Å². The van der Waals surface area contributed by atoms with Crippen LogP contribution in [0.2, 0.25) is 0 Å². The zero-order valence-corrected chi connectivity index (χ0v) is 18.9. The van der Waals surface area contributed by atoms with Crippen molar-refractivity contribution in [3.63, 3.8) is 0 Å². The molecular formula is C22H32N4O3S. The Morgan fingerprint density at radius 3 is 2.63 bits per heavy atom. The highest BCUT2D eigenvalue weighted by Crippen LogP contribution is 2.26. The number of carbonyl (C=O) groups is 1. The van der Waals surface area contributed by atoms with Gasteiger partial charge in [-0.2, -0.15) is 4.98 Å². The van der Waals surface area contributed by atoms with Gasteiger partial charge in [-0.15, -0.1) is 11.8 Å². The van der Waals surface area contributed by atoms with Gasteiger partial charge in [0.1, 0.15) is 0 Å². The molecule has 0 aliphatic carbocycles.